The van der Waals surface area contributed by atoms with Crippen molar-refractivity contribution in [3.05, 3.63) is 69.7 Å². The zero-order valence-corrected chi connectivity index (χ0v) is 18.0. The molecule has 7 nitrogen and oxygen atoms in total. The lowest BCUT2D eigenvalue weighted by atomic mass is 10.2. The molecule has 0 fully saturated rings. The number of benzene rings is 1. The van der Waals surface area contributed by atoms with Gasteiger partial charge in [-0.05, 0) is 56.0 Å². The van der Waals surface area contributed by atoms with E-state index in [1.165, 1.54) is 23.5 Å². The lowest BCUT2D eigenvalue weighted by molar-refractivity contribution is 0.0952. The van der Waals surface area contributed by atoms with Gasteiger partial charge in [0.25, 0.3) is 5.91 Å². The van der Waals surface area contributed by atoms with Crippen LogP contribution in [0, 0.1) is 13.8 Å². The van der Waals surface area contributed by atoms with Crippen molar-refractivity contribution in [2.75, 3.05) is 6.54 Å². The summed E-state index contributed by atoms with van der Waals surface area (Å²) in [7, 11) is -3.69. The number of nitrogens with one attached hydrogen (secondary N) is 2. The van der Waals surface area contributed by atoms with Crippen LogP contribution in [-0.2, 0) is 23.1 Å². The highest BCUT2D eigenvalue weighted by molar-refractivity contribution is 7.89. The van der Waals surface area contributed by atoms with Crippen LogP contribution in [0.5, 0.6) is 0 Å². The molecule has 9 heteroatoms. The van der Waals surface area contributed by atoms with E-state index in [-0.39, 0.29) is 17.3 Å². The quantitative estimate of drug-likeness (QED) is 0.509. The van der Waals surface area contributed by atoms with Gasteiger partial charge in [0.2, 0.25) is 10.0 Å². The first-order chi connectivity index (χ1) is 13.8. The number of nitrogens with zero attached hydrogens (tertiary/aromatic N) is 2. The van der Waals surface area contributed by atoms with Gasteiger partial charge in [0, 0.05) is 35.8 Å². The molecule has 0 aliphatic carbocycles. The molecular weight excluding hydrogens is 408 g/mol. The zero-order valence-electron chi connectivity index (χ0n) is 16.4. The minimum Gasteiger partial charge on any atom is -0.352 e. The number of hydrogen-bond donors (Lipinski definition) is 2. The average Bonchev–Trinajstić information content (AvgIpc) is 3.33. The number of amides is 1. The van der Waals surface area contributed by atoms with Crippen LogP contribution in [0.25, 0.3) is 0 Å². The van der Waals surface area contributed by atoms with Gasteiger partial charge in [-0.1, -0.05) is 12.1 Å². The molecule has 3 rings (SSSR count). The van der Waals surface area contributed by atoms with Crippen LogP contribution in [0.4, 0.5) is 0 Å². The highest BCUT2D eigenvalue weighted by Gasteiger charge is 2.16. The van der Waals surface area contributed by atoms with Gasteiger partial charge < -0.3 is 5.32 Å². The van der Waals surface area contributed by atoms with Crippen molar-refractivity contribution in [3.63, 3.8) is 0 Å². The summed E-state index contributed by atoms with van der Waals surface area (Å²) in [6, 6.07) is 11.8. The predicted molar refractivity (Wildman–Crippen MR) is 113 cm³/mol. The number of rotatable bonds is 9. The standard InChI is InChI=1S/C20H24N4O3S2/c1-15-12-16(2)24(23-15)10-5-9-21-20(25)17-6-3-8-19(13-17)29(26,27)22-14-18-7-4-11-28-18/h3-4,6-8,11-13,22H,5,9-10,14H2,1-2H3,(H,21,25). The second-order valence-corrected chi connectivity index (χ2v) is 9.49. The van der Waals surface area contributed by atoms with Crippen LogP contribution in [-0.4, -0.2) is 30.7 Å². The van der Waals surface area contributed by atoms with Crippen molar-refractivity contribution in [3.8, 4) is 0 Å². The Bertz CT molecular complexity index is 1070. The Kier molecular flexibility index (Phi) is 6.83. The summed E-state index contributed by atoms with van der Waals surface area (Å²) in [5.74, 6) is -0.298. The number of hydrogen-bond acceptors (Lipinski definition) is 5. The van der Waals surface area contributed by atoms with Gasteiger partial charge in [0.15, 0.2) is 0 Å². The number of carbonyl (C=O) groups excluding carboxylic acids is 1. The molecule has 154 valence electrons. The lowest BCUT2D eigenvalue weighted by Gasteiger charge is -2.09. The van der Waals surface area contributed by atoms with Gasteiger partial charge in [0.1, 0.15) is 0 Å². The molecule has 0 aliphatic rings. The van der Waals surface area contributed by atoms with Gasteiger partial charge in [-0.25, -0.2) is 13.1 Å². The molecule has 0 atom stereocenters. The normalized spacial score (nSPS) is 11.5. The van der Waals surface area contributed by atoms with Crippen molar-refractivity contribution in [2.45, 2.75) is 38.3 Å². The number of carbonyl (C=O) groups is 1. The maximum atomic E-state index is 12.5. The van der Waals surface area contributed by atoms with E-state index in [9.17, 15) is 13.2 Å². The molecule has 1 aromatic carbocycles. The number of aromatic nitrogens is 2. The molecule has 0 spiro atoms. The molecule has 1 amide bonds. The van der Waals surface area contributed by atoms with E-state index < -0.39 is 10.0 Å². The van der Waals surface area contributed by atoms with Gasteiger partial charge in [-0.15, -0.1) is 11.3 Å². The van der Waals surface area contributed by atoms with E-state index in [1.54, 1.807) is 12.1 Å². The molecule has 0 saturated carbocycles. The minimum absolute atomic E-state index is 0.0735. The fourth-order valence-corrected chi connectivity index (χ4v) is 4.69. The maximum Gasteiger partial charge on any atom is 0.251 e. The first-order valence-corrected chi connectivity index (χ1v) is 11.6. The third-order valence-electron chi connectivity index (χ3n) is 4.36. The van der Waals surface area contributed by atoms with E-state index in [0.29, 0.717) is 18.7 Å². The summed E-state index contributed by atoms with van der Waals surface area (Å²) >= 11 is 1.48. The number of thiophene rings is 1. The van der Waals surface area contributed by atoms with Gasteiger partial charge >= 0.3 is 0 Å². The van der Waals surface area contributed by atoms with Gasteiger partial charge in [-0.2, -0.15) is 5.10 Å². The Balaban J connectivity index is 1.55. The van der Waals surface area contributed by atoms with Crippen molar-refractivity contribution >= 4 is 27.3 Å². The molecule has 0 bridgehead atoms. The largest absolute Gasteiger partial charge is 0.352 e. The van der Waals surface area contributed by atoms with Gasteiger partial charge in [0.05, 0.1) is 10.6 Å². The summed E-state index contributed by atoms with van der Waals surface area (Å²) in [5.41, 5.74) is 2.37. The van der Waals surface area contributed by atoms with E-state index in [2.05, 4.69) is 15.1 Å². The summed E-state index contributed by atoms with van der Waals surface area (Å²) in [5, 5.41) is 9.12. The minimum atomic E-state index is -3.69. The van der Waals surface area contributed by atoms with Crippen molar-refractivity contribution < 1.29 is 13.2 Å². The Labute approximate surface area is 174 Å². The van der Waals surface area contributed by atoms with E-state index >= 15 is 0 Å². The van der Waals surface area contributed by atoms with Crippen molar-refractivity contribution in [1.82, 2.24) is 19.8 Å². The predicted octanol–water partition coefficient (Wildman–Crippen LogP) is 2.86. The van der Waals surface area contributed by atoms with Crippen LogP contribution in [0.3, 0.4) is 0 Å². The lowest BCUT2D eigenvalue weighted by Crippen LogP contribution is -2.26. The third-order valence-corrected chi connectivity index (χ3v) is 6.63. The molecular formula is C20H24N4O3S2. The number of aryl methyl sites for hydroxylation is 3. The molecule has 0 radical (unpaired) electrons. The first-order valence-electron chi connectivity index (χ1n) is 9.26. The van der Waals surface area contributed by atoms with Crippen LogP contribution < -0.4 is 10.0 Å². The molecule has 3 aromatic rings. The maximum absolute atomic E-state index is 12.5. The Morgan fingerprint density at radius 2 is 2.00 bits per heavy atom. The van der Waals surface area contributed by atoms with Crippen molar-refractivity contribution in [1.29, 1.82) is 0 Å². The van der Waals surface area contributed by atoms with Crippen LogP contribution in [0.15, 0.2) is 52.7 Å². The van der Waals surface area contributed by atoms with E-state index in [0.717, 1.165) is 22.7 Å². The number of sulfonamides is 1. The Hall–Kier alpha value is -2.49. The summed E-state index contributed by atoms with van der Waals surface area (Å²) in [6.45, 7) is 5.35. The Morgan fingerprint density at radius 1 is 1.17 bits per heavy atom. The highest BCUT2D eigenvalue weighted by atomic mass is 32.2. The molecule has 0 unspecified atom stereocenters. The van der Waals surface area contributed by atoms with E-state index in [1.807, 2.05) is 42.1 Å². The fraction of sp³-hybridized carbons (Fsp3) is 0.300. The smallest absolute Gasteiger partial charge is 0.251 e. The molecule has 0 saturated heterocycles. The van der Waals surface area contributed by atoms with Crippen LogP contribution in [0.1, 0.15) is 33.0 Å². The Morgan fingerprint density at radius 3 is 2.69 bits per heavy atom. The van der Waals surface area contributed by atoms with Crippen LogP contribution in [0.2, 0.25) is 0 Å². The van der Waals surface area contributed by atoms with Crippen LogP contribution >= 0.6 is 11.3 Å². The SMILES string of the molecule is Cc1cc(C)n(CCCNC(=O)c2cccc(S(=O)(=O)NCc3cccs3)c2)n1. The molecule has 2 N–H and O–H groups in total. The highest BCUT2D eigenvalue weighted by Crippen LogP contribution is 2.14. The second-order valence-electron chi connectivity index (χ2n) is 6.69. The summed E-state index contributed by atoms with van der Waals surface area (Å²) in [6.07, 6.45) is 0.730. The van der Waals surface area contributed by atoms with Gasteiger partial charge in [-0.3, -0.25) is 9.48 Å². The molecule has 0 aliphatic heterocycles. The summed E-state index contributed by atoms with van der Waals surface area (Å²) < 4.78 is 29.5. The summed E-state index contributed by atoms with van der Waals surface area (Å²) in [4.78, 5) is 13.4. The first kappa shape index (κ1) is 21.2. The second kappa shape index (κ2) is 9.34. The molecule has 29 heavy (non-hydrogen) atoms. The topological polar surface area (TPSA) is 93.1 Å². The average molecular weight is 433 g/mol. The third kappa shape index (κ3) is 5.75. The molecule has 2 heterocycles. The molecule has 2 aromatic heterocycles. The zero-order chi connectivity index (χ0) is 20.9. The van der Waals surface area contributed by atoms with Crippen molar-refractivity contribution in [2.24, 2.45) is 0 Å². The fourth-order valence-electron chi connectivity index (χ4n) is 2.90. The monoisotopic (exact) mass is 432 g/mol. The van der Waals surface area contributed by atoms with E-state index in [4.69, 9.17) is 0 Å².